The molecule has 0 amide bonds. The van der Waals surface area contributed by atoms with Gasteiger partial charge in [-0.1, -0.05) is 13.0 Å². The molecule has 0 aliphatic carbocycles. The summed E-state index contributed by atoms with van der Waals surface area (Å²) in [5.74, 6) is 2.58. The van der Waals surface area contributed by atoms with Crippen LogP contribution >= 0.6 is 0 Å². The second-order valence-corrected chi connectivity index (χ2v) is 5.17. The SMILES string of the molecule is COc1ccc(CC2CCC(C)CN2)c(OC)c1. The van der Waals surface area contributed by atoms with E-state index in [9.17, 15) is 0 Å². The maximum atomic E-state index is 5.44. The first-order valence-corrected chi connectivity index (χ1v) is 6.67. The molecular weight excluding hydrogens is 226 g/mol. The highest BCUT2D eigenvalue weighted by atomic mass is 16.5. The molecule has 0 radical (unpaired) electrons. The number of nitrogens with one attached hydrogen (secondary N) is 1. The minimum absolute atomic E-state index is 0.573. The highest BCUT2D eigenvalue weighted by molar-refractivity contribution is 5.41. The van der Waals surface area contributed by atoms with E-state index in [0.29, 0.717) is 6.04 Å². The highest BCUT2D eigenvalue weighted by Crippen LogP contribution is 2.27. The lowest BCUT2D eigenvalue weighted by molar-refractivity contribution is 0.322. The first kappa shape index (κ1) is 13.2. The summed E-state index contributed by atoms with van der Waals surface area (Å²) in [6.07, 6.45) is 3.59. The Bertz CT molecular complexity index is 384. The predicted octanol–water partition coefficient (Wildman–Crippen LogP) is 2.63. The molecule has 1 N–H and O–H groups in total. The maximum absolute atomic E-state index is 5.44. The van der Waals surface area contributed by atoms with Gasteiger partial charge >= 0.3 is 0 Å². The molecule has 1 aliphatic rings. The summed E-state index contributed by atoms with van der Waals surface area (Å²) in [6.45, 7) is 3.43. The van der Waals surface area contributed by atoms with Crippen LogP contribution in [0, 0.1) is 5.92 Å². The molecule has 0 spiro atoms. The van der Waals surface area contributed by atoms with Gasteiger partial charge in [0.25, 0.3) is 0 Å². The summed E-state index contributed by atoms with van der Waals surface area (Å²) in [4.78, 5) is 0. The van der Waals surface area contributed by atoms with E-state index < -0.39 is 0 Å². The minimum Gasteiger partial charge on any atom is -0.497 e. The fraction of sp³-hybridized carbons (Fsp3) is 0.600. The molecule has 1 aliphatic heterocycles. The zero-order chi connectivity index (χ0) is 13.0. The topological polar surface area (TPSA) is 30.5 Å². The monoisotopic (exact) mass is 249 g/mol. The Labute approximate surface area is 109 Å². The van der Waals surface area contributed by atoms with Gasteiger partial charge in [0.05, 0.1) is 14.2 Å². The minimum atomic E-state index is 0.573. The lowest BCUT2D eigenvalue weighted by Gasteiger charge is -2.28. The molecule has 1 fully saturated rings. The number of ether oxygens (including phenoxy) is 2. The van der Waals surface area contributed by atoms with Crippen LogP contribution in [0.3, 0.4) is 0 Å². The predicted molar refractivity (Wildman–Crippen MR) is 73.4 cm³/mol. The Kier molecular flexibility index (Phi) is 4.48. The number of piperidine rings is 1. The number of rotatable bonds is 4. The normalized spacial score (nSPS) is 23.7. The number of hydrogen-bond donors (Lipinski definition) is 1. The quantitative estimate of drug-likeness (QED) is 0.890. The van der Waals surface area contributed by atoms with Crippen molar-refractivity contribution >= 4 is 0 Å². The Morgan fingerprint density at radius 3 is 2.67 bits per heavy atom. The van der Waals surface area contributed by atoms with Crippen molar-refractivity contribution in [2.45, 2.75) is 32.2 Å². The Morgan fingerprint density at radius 2 is 2.06 bits per heavy atom. The van der Waals surface area contributed by atoms with Gasteiger partial charge in [-0.25, -0.2) is 0 Å². The first-order valence-electron chi connectivity index (χ1n) is 6.67. The van der Waals surface area contributed by atoms with Crippen molar-refractivity contribution in [3.63, 3.8) is 0 Å². The third kappa shape index (κ3) is 3.16. The van der Waals surface area contributed by atoms with Gasteiger partial charge in [-0.3, -0.25) is 0 Å². The van der Waals surface area contributed by atoms with Gasteiger partial charge in [-0.15, -0.1) is 0 Å². The van der Waals surface area contributed by atoms with Crippen LogP contribution in [-0.4, -0.2) is 26.8 Å². The molecular formula is C15H23NO2. The van der Waals surface area contributed by atoms with Crippen molar-refractivity contribution in [1.82, 2.24) is 5.32 Å². The van der Waals surface area contributed by atoms with E-state index in [1.54, 1.807) is 14.2 Å². The van der Waals surface area contributed by atoms with E-state index in [0.717, 1.165) is 30.4 Å². The summed E-state index contributed by atoms with van der Waals surface area (Å²) >= 11 is 0. The smallest absolute Gasteiger partial charge is 0.125 e. The molecule has 2 atom stereocenters. The van der Waals surface area contributed by atoms with E-state index >= 15 is 0 Å². The van der Waals surface area contributed by atoms with Crippen LogP contribution in [0.2, 0.25) is 0 Å². The fourth-order valence-electron chi connectivity index (χ4n) is 2.52. The lowest BCUT2D eigenvalue weighted by atomic mass is 9.92. The molecule has 3 nitrogen and oxygen atoms in total. The molecule has 1 saturated heterocycles. The van der Waals surface area contributed by atoms with Crippen molar-refractivity contribution in [3.05, 3.63) is 23.8 Å². The summed E-state index contributed by atoms with van der Waals surface area (Å²) in [7, 11) is 3.40. The number of methoxy groups -OCH3 is 2. The number of benzene rings is 1. The van der Waals surface area contributed by atoms with Crippen LogP contribution in [0.1, 0.15) is 25.3 Å². The third-order valence-electron chi connectivity index (χ3n) is 3.72. The molecule has 0 bridgehead atoms. The zero-order valence-electron chi connectivity index (χ0n) is 11.5. The standard InChI is InChI=1S/C15H23NO2/c1-11-4-6-13(16-10-11)8-12-5-7-14(17-2)9-15(12)18-3/h5,7,9,11,13,16H,4,6,8,10H2,1-3H3. The summed E-state index contributed by atoms with van der Waals surface area (Å²) in [5, 5.41) is 3.61. The first-order chi connectivity index (χ1) is 8.72. The van der Waals surface area contributed by atoms with Crippen molar-refractivity contribution in [1.29, 1.82) is 0 Å². The molecule has 3 heteroatoms. The van der Waals surface area contributed by atoms with E-state index in [1.165, 1.54) is 18.4 Å². The molecule has 0 aromatic heterocycles. The average Bonchev–Trinajstić information content (AvgIpc) is 2.41. The van der Waals surface area contributed by atoms with Crippen molar-refractivity contribution in [2.75, 3.05) is 20.8 Å². The van der Waals surface area contributed by atoms with Crippen molar-refractivity contribution in [2.24, 2.45) is 5.92 Å². The van der Waals surface area contributed by atoms with Gasteiger partial charge < -0.3 is 14.8 Å². The summed E-state index contributed by atoms with van der Waals surface area (Å²) < 4.78 is 10.7. The third-order valence-corrected chi connectivity index (χ3v) is 3.72. The van der Waals surface area contributed by atoms with E-state index in [4.69, 9.17) is 9.47 Å². The van der Waals surface area contributed by atoms with Gasteiger partial charge in [0, 0.05) is 12.1 Å². The molecule has 2 rings (SSSR count). The molecule has 100 valence electrons. The van der Waals surface area contributed by atoms with Gasteiger partial charge in [0.15, 0.2) is 0 Å². The van der Waals surface area contributed by atoms with Crippen molar-refractivity contribution < 1.29 is 9.47 Å². The molecule has 1 aromatic rings. The number of hydrogen-bond acceptors (Lipinski definition) is 3. The molecule has 18 heavy (non-hydrogen) atoms. The Hall–Kier alpha value is -1.22. The van der Waals surface area contributed by atoms with E-state index in [2.05, 4.69) is 18.3 Å². The second-order valence-electron chi connectivity index (χ2n) is 5.17. The van der Waals surface area contributed by atoms with Gasteiger partial charge in [-0.2, -0.15) is 0 Å². The van der Waals surface area contributed by atoms with Gasteiger partial charge in [0.2, 0.25) is 0 Å². The molecule has 0 saturated carbocycles. The zero-order valence-corrected chi connectivity index (χ0v) is 11.5. The van der Waals surface area contributed by atoms with Crippen LogP contribution in [0.5, 0.6) is 11.5 Å². The van der Waals surface area contributed by atoms with Crippen LogP contribution in [0.4, 0.5) is 0 Å². The maximum Gasteiger partial charge on any atom is 0.125 e. The van der Waals surface area contributed by atoms with Gasteiger partial charge in [0.1, 0.15) is 11.5 Å². The molecule has 2 unspecified atom stereocenters. The largest absolute Gasteiger partial charge is 0.497 e. The Balaban J connectivity index is 2.04. The lowest BCUT2D eigenvalue weighted by Crippen LogP contribution is -2.39. The van der Waals surface area contributed by atoms with Crippen LogP contribution < -0.4 is 14.8 Å². The highest BCUT2D eigenvalue weighted by Gasteiger charge is 2.19. The van der Waals surface area contributed by atoms with Crippen molar-refractivity contribution in [3.8, 4) is 11.5 Å². The van der Waals surface area contributed by atoms with Gasteiger partial charge in [-0.05, 0) is 43.4 Å². The van der Waals surface area contributed by atoms with Crippen LogP contribution in [0.25, 0.3) is 0 Å². The van der Waals surface area contributed by atoms with Crippen LogP contribution in [0.15, 0.2) is 18.2 Å². The Morgan fingerprint density at radius 1 is 1.22 bits per heavy atom. The van der Waals surface area contributed by atoms with E-state index in [-0.39, 0.29) is 0 Å². The second kappa shape index (κ2) is 6.10. The summed E-state index contributed by atoms with van der Waals surface area (Å²) in [5.41, 5.74) is 1.25. The molecule has 1 heterocycles. The van der Waals surface area contributed by atoms with E-state index in [1.807, 2.05) is 12.1 Å². The van der Waals surface area contributed by atoms with Crippen LogP contribution in [-0.2, 0) is 6.42 Å². The summed E-state index contributed by atoms with van der Waals surface area (Å²) in [6, 6.07) is 6.64. The molecule has 1 aromatic carbocycles. The average molecular weight is 249 g/mol. The fourth-order valence-corrected chi connectivity index (χ4v) is 2.52.